The highest BCUT2D eigenvalue weighted by molar-refractivity contribution is 6.34. The van der Waals surface area contributed by atoms with E-state index in [1.165, 1.54) is 6.92 Å². The molecule has 1 aliphatic carbocycles. The monoisotopic (exact) mass is 407 g/mol. The summed E-state index contributed by atoms with van der Waals surface area (Å²) >= 11 is 0. The maximum absolute atomic E-state index is 13.6. The van der Waals surface area contributed by atoms with Crippen LogP contribution in [0.25, 0.3) is 10.8 Å². The Labute approximate surface area is 178 Å². The minimum Gasteiger partial charge on any atom is -0.456 e. The molecule has 1 amide bonds. The largest absolute Gasteiger partial charge is 0.456 e. The van der Waals surface area contributed by atoms with Gasteiger partial charge in [-0.3, -0.25) is 14.4 Å². The van der Waals surface area contributed by atoms with E-state index < -0.39 is 0 Å². The van der Waals surface area contributed by atoms with Crippen LogP contribution in [0.4, 0.5) is 5.69 Å². The molecule has 4 aromatic carbocycles. The van der Waals surface area contributed by atoms with Gasteiger partial charge in [0.05, 0.1) is 16.8 Å². The van der Waals surface area contributed by atoms with E-state index in [2.05, 4.69) is 5.32 Å². The molecule has 0 saturated heterocycles. The van der Waals surface area contributed by atoms with E-state index in [9.17, 15) is 14.4 Å². The molecule has 0 saturated carbocycles. The number of amides is 1. The van der Waals surface area contributed by atoms with Crippen molar-refractivity contribution in [3.8, 4) is 11.5 Å². The number of nitrogens with one attached hydrogen (secondary N) is 1. The van der Waals surface area contributed by atoms with Crippen molar-refractivity contribution in [3.05, 3.63) is 101 Å². The number of carbonyl (C=O) groups excluding carboxylic acids is 3. The molecule has 5 rings (SSSR count). The van der Waals surface area contributed by atoms with Gasteiger partial charge in [0.15, 0.2) is 11.6 Å². The number of anilines is 1. The van der Waals surface area contributed by atoms with Crippen molar-refractivity contribution < 1.29 is 19.1 Å². The van der Waals surface area contributed by atoms with E-state index in [0.29, 0.717) is 39.1 Å². The van der Waals surface area contributed by atoms with Crippen LogP contribution in [0.5, 0.6) is 11.5 Å². The van der Waals surface area contributed by atoms with E-state index in [4.69, 9.17) is 4.74 Å². The third-order valence-corrected chi connectivity index (χ3v) is 5.30. The van der Waals surface area contributed by atoms with Crippen molar-refractivity contribution in [2.24, 2.45) is 0 Å². The summed E-state index contributed by atoms with van der Waals surface area (Å²) < 4.78 is 6.20. The molecule has 0 atom stereocenters. The lowest BCUT2D eigenvalue weighted by atomic mass is 9.81. The van der Waals surface area contributed by atoms with Crippen LogP contribution < -0.4 is 10.1 Å². The van der Waals surface area contributed by atoms with Gasteiger partial charge in [0.2, 0.25) is 5.91 Å². The summed E-state index contributed by atoms with van der Waals surface area (Å²) in [5.41, 5.74) is 1.28. The number of ether oxygens (including phenoxy) is 1. The molecular weight excluding hydrogens is 390 g/mol. The lowest BCUT2D eigenvalue weighted by molar-refractivity contribution is -0.114. The van der Waals surface area contributed by atoms with Crippen LogP contribution in [0.3, 0.4) is 0 Å². The van der Waals surface area contributed by atoms with Crippen molar-refractivity contribution in [3.63, 3.8) is 0 Å². The van der Waals surface area contributed by atoms with Gasteiger partial charge >= 0.3 is 0 Å². The number of ketones is 2. The highest BCUT2D eigenvalue weighted by atomic mass is 16.5. The number of hydrogen-bond donors (Lipinski definition) is 1. The molecule has 0 unspecified atom stereocenters. The van der Waals surface area contributed by atoms with E-state index in [1.807, 2.05) is 36.4 Å². The fourth-order valence-corrected chi connectivity index (χ4v) is 4.02. The Kier molecular flexibility index (Phi) is 4.37. The molecule has 31 heavy (non-hydrogen) atoms. The minimum absolute atomic E-state index is 0.156. The molecule has 5 nitrogen and oxygen atoms in total. The Bertz CT molecular complexity index is 1390. The number of benzene rings is 4. The highest BCUT2D eigenvalue weighted by Crippen LogP contribution is 2.45. The van der Waals surface area contributed by atoms with E-state index in [-0.39, 0.29) is 28.6 Å². The molecule has 0 aromatic heterocycles. The standard InChI is InChI=1S/C26H17NO4/c1-15(28)27-23-17-11-5-8-14-20(17)26(31-16-9-3-2-4-10-16)22-21(23)24(29)18-12-6-7-13-19(18)25(22)30/h2-14H,1H3,(H,27,28). The smallest absolute Gasteiger partial charge is 0.221 e. The zero-order valence-electron chi connectivity index (χ0n) is 16.6. The van der Waals surface area contributed by atoms with Gasteiger partial charge in [0.1, 0.15) is 11.5 Å². The molecule has 0 bridgehead atoms. The zero-order chi connectivity index (χ0) is 21.5. The third-order valence-electron chi connectivity index (χ3n) is 5.30. The van der Waals surface area contributed by atoms with E-state index in [1.54, 1.807) is 42.5 Å². The molecule has 4 aromatic rings. The van der Waals surface area contributed by atoms with Crippen LogP contribution in [-0.2, 0) is 4.79 Å². The van der Waals surface area contributed by atoms with Gasteiger partial charge in [0.25, 0.3) is 0 Å². The molecule has 1 N–H and O–H groups in total. The topological polar surface area (TPSA) is 72.5 Å². The lowest BCUT2D eigenvalue weighted by Crippen LogP contribution is -2.24. The van der Waals surface area contributed by atoms with Crippen LogP contribution in [-0.4, -0.2) is 17.5 Å². The number of para-hydroxylation sites is 1. The second kappa shape index (κ2) is 7.22. The Morgan fingerprint density at radius 2 is 1.26 bits per heavy atom. The highest BCUT2D eigenvalue weighted by Gasteiger charge is 2.36. The van der Waals surface area contributed by atoms with E-state index in [0.717, 1.165) is 0 Å². The summed E-state index contributed by atoms with van der Waals surface area (Å²) in [6.45, 7) is 1.37. The predicted molar refractivity (Wildman–Crippen MR) is 118 cm³/mol. The van der Waals surface area contributed by atoms with Gasteiger partial charge in [-0.15, -0.1) is 0 Å². The van der Waals surface area contributed by atoms with Gasteiger partial charge in [-0.1, -0.05) is 66.7 Å². The van der Waals surface area contributed by atoms with Gasteiger partial charge in [-0.2, -0.15) is 0 Å². The zero-order valence-corrected chi connectivity index (χ0v) is 16.6. The molecule has 1 aliphatic rings. The maximum atomic E-state index is 13.6. The Morgan fingerprint density at radius 3 is 1.90 bits per heavy atom. The molecule has 0 heterocycles. The number of hydrogen-bond acceptors (Lipinski definition) is 4. The first-order valence-electron chi connectivity index (χ1n) is 9.84. The van der Waals surface area contributed by atoms with Crippen molar-refractivity contribution in [1.82, 2.24) is 0 Å². The average Bonchev–Trinajstić information content (AvgIpc) is 2.79. The summed E-state index contributed by atoms with van der Waals surface area (Å²) in [6, 6.07) is 23.1. The lowest BCUT2D eigenvalue weighted by Gasteiger charge is -2.25. The molecule has 0 spiro atoms. The van der Waals surface area contributed by atoms with Crippen LogP contribution in [0.1, 0.15) is 38.8 Å². The first-order chi connectivity index (χ1) is 15.1. The second-order valence-electron chi connectivity index (χ2n) is 7.30. The Hall–Kier alpha value is -4.25. The Morgan fingerprint density at radius 1 is 0.710 bits per heavy atom. The minimum atomic E-state index is -0.330. The number of carbonyl (C=O) groups is 3. The molecular formula is C26H17NO4. The molecule has 0 radical (unpaired) electrons. The van der Waals surface area contributed by atoms with Crippen LogP contribution in [0, 0.1) is 0 Å². The first-order valence-corrected chi connectivity index (χ1v) is 9.84. The van der Waals surface area contributed by atoms with Gasteiger partial charge in [0, 0.05) is 28.8 Å². The fraction of sp³-hybridized carbons (Fsp3) is 0.0385. The van der Waals surface area contributed by atoms with Gasteiger partial charge in [-0.05, 0) is 12.1 Å². The Balaban J connectivity index is 1.90. The van der Waals surface area contributed by atoms with Gasteiger partial charge < -0.3 is 10.1 Å². The molecule has 5 heteroatoms. The SMILES string of the molecule is CC(=O)Nc1c2c(c(Oc3ccccc3)c3ccccc13)C(=O)c1ccccc1C2=O. The maximum Gasteiger partial charge on any atom is 0.221 e. The molecule has 0 aliphatic heterocycles. The van der Waals surface area contributed by atoms with Crippen molar-refractivity contribution in [2.45, 2.75) is 6.92 Å². The average molecular weight is 407 g/mol. The van der Waals surface area contributed by atoms with Crippen molar-refractivity contribution in [2.75, 3.05) is 5.32 Å². The van der Waals surface area contributed by atoms with Crippen LogP contribution in [0.2, 0.25) is 0 Å². The van der Waals surface area contributed by atoms with Crippen molar-refractivity contribution >= 4 is 33.9 Å². The second-order valence-corrected chi connectivity index (χ2v) is 7.30. The van der Waals surface area contributed by atoms with Gasteiger partial charge in [-0.25, -0.2) is 0 Å². The van der Waals surface area contributed by atoms with Crippen LogP contribution >= 0.6 is 0 Å². The van der Waals surface area contributed by atoms with Crippen molar-refractivity contribution in [1.29, 1.82) is 0 Å². The molecule has 0 fully saturated rings. The predicted octanol–water partition coefficient (Wildman–Crippen LogP) is 5.37. The first kappa shape index (κ1) is 18.8. The summed E-state index contributed by atoms with van der Waals surface area (Å²) in [5, 5.41) is 4.04. The fourth-order valence-electron chi connectivity index (χ4n) is 4.02. The number of fused-ring (bicyclic) bond motifs is 3. The van der Waals surface area contributed by atoms with E-state index >= 15 is 0 Å². The van der Waals surface area contributed by atoms with Crippen LogP contribution in [0.15, 0.2) is 78.9 Å². The number of rotatable bonds is 3. The third kappa shape index (κ3) is 2.99. The summed E-state index contributed by atoms with van der Waals surface area (Å²) in [5.74, 6) is -0.116. The normalized spacial score (nSPS) is 12.3. The molecule has 150 valence electrons. The summed E-state index contributed by atoms with van der Waals surface area (Å²) in [4.78, 5) is 39.2. The summed E-state index contributed by atoms with van der Waals surface area (Å²) in [6.07, 6.45) is 0. The summed E-state index contributed by atoms with van der Waals surface area (Å²) in [7, 11) is 0. The quantitative estimate of drug-likeness (QED) is 0.437.